The molecule has 3 rings (SSSR count). The number of hydrogen-bond donors (Lipinski definition) is 1. The summed E-state index contributed by atoms with van der Waals surface area (Å²) in [5.74, 6) is 1.58. The number of nitrogens with zero attached hydrogens (tertiary/aromatic N) is 1. The molecule has 4 nitrogen and oxygen atoms in total. The lowest BCUT2D eigenvalue weighted by Gasteiger charge is -2.07. The summed E-state index contributed by atoms with van der Waals surface area (Å²) < 4.78 is 5.76. The van der Waals surface area contributed by atoms with Crippen LogP contribution in [0.15, 0.2) is 76.8 Å². The zero-order valence-corrected chi connectivity index (χ0v) is 13.3. The maximum atomic E-state index is 11.2. The highest BCUT2D eigenvalue weighted by Gasteiger charge is 2.00. The Hall–Kier alpha value is -2.53. The van der Waals surface area contributed by atoms with E-state index in [4.69, 9.17) is 4.74 Å². The number of nitrogens with one attached hydrogen (secondary N) is 1. The highest BCUT2D eigenvalue weighted by atomic mass is 32.2. The summed E-state index contributed by atoms with van der Waals surface area (Å²) in [5.41, 5.74) is 2.16. The molecule has 0 amide bonds. The Balaban J connectivity index is 1.53. The topological polar surface area (TPSA) is 55.0 Å². The lowest BCUT2D eigenvalue weighted by Crippen LogP contribution is -2.05. The Bertz CT molecular complexity index is 801. The van der Waals surface area contributed by atoms with Crippen molar-refractivity contribution in [3.8, 4) is 5.75 Å². The SMILES string of the molecule is O=c1ccnc(SCc2ccc(OCc3ccccc3)cc2)[nH]1. The van der Waals surface area contributed by atoms with Crippen LogP contribution in [-0.2, 0) is 12.4 Å². The summed E-state index contributed by atoms with van der Waals surface area (Å²) in [6.45, 7) is 0.560. The van der Waals surface area contributed by atoms with Gasteiger partial charge in [0.15, 0.2) is 5.16 Å². The van der Waals surface area contributed by atoms with Gasteiger partial charge in [0, 0.05) is 18.0 Å². The monoisotopic (exact) mass is 324 g/mol. The van der Waals surface area contributed by atoms with E-state index in [1.54, 1.807) is 0 Å². The van der Waals surface area contributed by atoms with Crippen LogP contribution in [0.1, 0.15) is 11.1 Å². The van der Waals surface area contributed by atoms with Crippen molar-refractivity contribution in [3.05, 3.63) is 88.3 Å². The summed E-state index contributed by atoms with van der Waals surface area (Å²) in [6.07, 6.45) is 1.52. The number of ether oxygens (including phenoxy) is 1. The van der Waals surface area contributed by atoms with E-state index in [2.05, 4.69) is 9.97 Å². The third-order valence-electron chi connectivity index (χ3n) is 3.20. The molecule has 5 heteroatoms. The minimum Gasteiger partial charge on any atom is -0.489 e. The molecule has 0 fully saturated rings. The van der Waals surface area contributed by atoms with E-state index in [0.717, 1.165) is 22.6 Å². The minimum atomic E-state index is -0.132. The van der Waals surface area contributed by atoms with Gasteiger partial charge in [-0.25, -0.2) is 4.98 Å². The number of aromatic nitrogens is 2. The van der Waals surface area contributed by atoms with Crippen LogP contribution in [0.25, 0.3) is 0 Å². The molecule has 1 heterocycles. The predicted octanol–water partition coefficient (Wildman–Crippen LogP) is 3.64. The number of aromatic amines is 1. The minimum absolute atomic E-state index is 0.132. The Morgan fingerprint density at radius 3 is 2.48 bits per heavy atom. The fourth-order valence-corrected chi connectivity index (χ4v) is 2.80. The van der Waals surface area contributed by atoms with Gasteiger partial charge < -0.3 is 9.72 Å². The third kappa shape index (κ3) is 4.72. The van der Waals surface area contributed by atoms with Crippen LogP contribution in [0.4, 0.5) is 0 Å². The number of rotatable bonds is 6. The van der Waals surface area contributed by atoms with Crippen LogP contribution < -0.4 is 10.3 Å². The van der Waals surface area contributed by atoms with Gasteiger partial charge in [0.25, 0.3) is 5.56 Å². The summed E-state index contributed by atoms with van der Waals surface area (Å²) in [5, 5.41) is 0.627. The lowest BCUT2D eigenvalue weighted by molar-refractivity contribution is 0.306. The molecule has 0 unspecified atom stereocenters. The van der Waals surface area contributed by atoms with E-state index in [-0.39, 0.29) is 5.56 Å². The van der Waals surface area contributed by atoms with Crippen molar-refractivity contribution in [3.63, 3.8) is 0 Å². The summed E-state index contributed by atoms with van der Waals surface area (Å²) in [6, 6.07) is 19.4. The molecule has 23 heavy (non-hydrogen) atoms. The lowest BCUT2D eigenvalue weighted by atomic mass is 10.2. The molecular weight excluding hydrogens is 308 g/mol. The zero-order chi connectivity index (χ0) is 15.9. The van der Waals surface area contributed by atoms with E-state index in [0.29, 0.717) is 11.8 Å². The molecule has 0 saturated heterocycles. The van der Waals surface area contributed by atoms with Gasteiger partial charge in [-0.15, -0.1) is 0 Å². The molecule has 0 aliphatic rings. The second-order valence-electron chi connectivity index (χ2n) is 4.95. The van der Waals surface area contributed by atoms with Gasteiger partial charge >= 0.3 is 0 Å². The van der Waals surface area contributed by atoms with E-state index >= 15 is 0 Å². The number of thioether (sulfide) groups is 1. The Kier molecular flexibility index (Phi) is 5.11. The molecule has 1 aromatic heterocycles. The Morgan fingerprint density at radius 1 is 0.957 bits per heavy atom. The molecular formula is C18H16N2O2S. The van der Waals surface area contributed by atoms with E-state index in [1.165, 1.54) is 24.0 Å². The second kappa shape index (κ2) is 7.65. The number of H-pyrrole nitrogens is 1. The molecule has 0 spiro atoms. The maximum absolute atomic E-state index is 11.2. The predicted molar refractivity (Wildman–Crippen MR) is 91.6 cm³/mol. The normalized spacial score (nSPS) is 10.4. The van der Waals surface area contributed by atoms with Gasteiger partial charge in [0.1, 0.15) is 12.4 Å². The van der Waals surface area contributed by atoms with Crippen molar-refractivity contribution in [1.82, 2.24) is 9.97 Å². The molecule has 1 N–H and O–H groups in total. The molecule has 0 bridgehead atoms. The van der Waals surface area contributed by atoms with Gasteiger partial charge in [0.2, 0.25) is 0 Å². The highest BCUT2D eigenvalue weighted by Crippen LogP contribution is 2.20. The summed E-state index contributed by atoms with van der Waals surface area (Å²) in [7, 11) is 0. The first-order valence-corrected chi connectivity index (χ1v) is 8.22. The van der Waals surface area contributed by atoms with Crippen LogP contribution in [0, 0.1) is 0 Å². The van der Waals surface area contributed by atoms with Crippen LogP contribution >= 0.6 is 11.8 Å². The molecule has 0 aliphatic carbocycles. The van der Waals surface area contributed by atoms with Gasteiger partial charge in [-0.1, -0.05) is 54.2 Å². The van der Waals surface area contributed by atoms with Crippen LogP contribution in [0.5, 0.6) is 5.75 Å². The van der Waals surface area contributed by atoms with E-state index < -0.39 is 0 Å². The largest absolute Gasteiger partial charge is 0.489 e. The molecule has 0 radical (unpaired) electrons. The van der Waals surface area contributed by atoms with Gasteiger partial charge in [-0.3, -0.25) is 4.79 Å². The number of hydrogen-bond acceptors (Lipinski definition) is 4. The standard InChI is InChI=1S/C18H16N2O2S/c21-17-10-11-19-18(20-17)23-13-15-6-8-16(9-7-15)22-12-14-4-2-1-3-5-14/h1-11H,12-13H2,(H,19,20,21). The van der Waals surface area contributed by atoms with Crippen molar-refractivity contribution < 1.29 is 4.74 Å². The van der Waals surface area contributed by atoms with Crippen molar-refractivity contribution >= 4 is 11.8 Å². The average Bonchev–Trinajstić information content (AvgIpc) is 2.60. The van der Waals surface area contributed by atoms with Crippen LogP contribution in [0.3, 0.4) is 0 Å². The first kappa shape index (κ1) is 15.4. The van der Waals surface area contributed by atoms with Crippen molar-refractivity contribution in [2.45, 2.75) is 17.5 Å². The first-order chi connectivity index (χ1) is 11.3. The molecule has 0 aliphatic heterocycles. The average molecular weight is 324 g/mol. The molecule has 0 saturated carbocycles. The van der Waals surface area contributed by atoms with E-state index in [1.807, 2.05) is 54.6 Å². The van der Waals surface area contributed by atoms with Gasteiger partial charge in [-0.05, 0) is 23.3 Å². The first-order valence-electron chi connectivity index (χ1n) is 7.23. The second-order valence-corrected chi connectivity index (χ2v) is 5.91. The number of benzene rings is 2. The fourth-order valence-electron chi connectivity index (χ4n) is 2.00. The molecule has 116 valence electrons. The van der Waals surface area contributed by atoms with Crippen LogP contribution in [0.2, 0.25) is 0 Å². The zero-order valence-electron chi connectivity index (χ0n) is 12.4. The third-order valence-corrected chi connectivity index (χ3v) is 4.15. The maximum Gasteiger partial charge on any atom is 0.251 e. The van der Waals surface area contributed by atoms with Crippen molar-refractivity contribution in [2.75, 3.05) is 0 Å². The van der Waals surface area contributed by atoms with Gasteiger partial charge in [-0.2, -0.15) is 0 Å². The highest BCUT2D eigenvalue weighted by molar-refractivity contribution is 7.98. The molecule has 2 aromatic carbocycles. The van der Waals surface area contributed by atoms with Crippen LogP contribution in [-0.4, -0.2) is 9.97 Å². The summed E-state index contributed by atoms with van der Waals surface area (Å²) >= 11 is 1.50. The Morgan fingerprint density at radius 2 is 1.74 bits per heavy atom. The quantitative estimate of drug-likeness (QED) is 0.555. The fraction of sp³-hybridized carbons (Fsp3) is 0.111. The van der Waals surface area contributed by atoms with Crippen molar-refractivity contribution in [2.24, 2.45) is 0 Å². The molecule has 3 aromatic rings. The van der Waals surface area contributed by atoms with E-state index in [9.17, 15) is 4.79 Å². The smallest absolute Gasteiger partial charge is 0.251 e. The Labute approximate surface area is 138 Å². The summed E-state index contributed by atoms with van der Waals surface area (Å²) in [4.78, 5) is 18.0. The molecule has 0 atom stereocenters. The van der Waals surface area contributed by atoms with Gasteiger partial charge in [0.05, 0.1) is 0 Å². The van der Waals surface area contributed by atoms with Crippen molar-refractivity contribution in [1.29, 1.82) is 0 Å².